The van der Waals surface area contributed by atoms with Gasteiger partial charge in [0, 0.05) is 23.5 Å². The van der Waals surface area contributed by atoms with Crippen LogP contribution in [0.1, 0.15) is 82.1 Å². The number of hydrogen-bond acceptors (Lipinski definition) is 4. The van der Waals surface area contributed by atoms with Crippen LogP contribution in [-0.4, -0.2) is 29.6 Å². The minimum absolute atomic E-state index is 0.0131. The third-order valence-corrected chi connectivity index (χ3v) is 3.52. The molecule has 4 nitrogen and oxygen atoms in total. The molecule has 0 aliphatic heterocycles. The van der Waals surface area contributed by atoms with Crippen LogP contribution in [0.25, 0.3) is 0 Å². The summed E-state index contributed by atoms with van der Waals surface area (Å²) in [5.41, 5.74) is -1.05. The Morgan fingerprint density at radius 3 is 2.07 bits per heavy atom. The topological polar surface area (TPSA) is 63.6 Å². The number of methoxy groups -OCH3 is 1. The van der Waals surface area contributed by atoms with E-state index in [-0.39, 0.29) is 12.2 Å². The SMILES string of the molecule is CC.CC.CCC.COC(=O)/C=C(\C)C#CC1(O)C(C)=CC(=O)CC1(C)C. The molecule has 1 aliphatic rings. The number of carbonyl (C=O) groups is 2. The van der Waals surface area contributed by atoms with Gasteiger partial charge in [0.15, 0.2) is 11.4 Å². The maximum atomic E-state index is 11.6. The Morgan fingerprint density at radius 2 is 1.70 bits per heavy atom. The molecule has 0 heterocycles. The van der Waals surface area contributed by atoms with Crippen molar-refractivity contribution in [3.63, 3.8) is 0 Å². The normalized spacial score (nSPS) is 19.9. The zero-order chi connectivity index (χ0) is 22.3. The molecule has 1 aliphatic carbocycles. The molecule has 1 N–H and O–H groups in total. The van der Waals surface area contributed by atoms with Gasteiger partial charge in [-0.25, -0.2) is 4.79 Å². The highest BCUT2D eigenvalue weighted by atomic mass is 16.5. The Morgan fingerprint density at radius 1 is 1.26 bits per heavy atom. The summed E-state index contributed by atoms with van der Waals surface area (Å²) in [4.78, 5) is 22.7. The number of allylic oxidation sites excluding steroid dienone is 2. The van der Waals surface area contributed by atoms with E-state index >= 15 is 0 Å². The van der Waals surface area contributed by atoms with E-state index in [9.17, 15) is 14.7 Å². The van der Waals surface area contributed by atoms with E-state index in [0.29, 0.717) is 11.1 Å². The fourth-order valence-electron chi connectivity index (χ4n) is 2.22. The number of hydrogen-bond donors (Lipinski definition) is 1. The zero-order valence-corrected chi connectivity index (χ0v) is 19.2. The summed E-state index contributed by atoms with van der Waals surface area (Å²) < 4.78 is 4.51. The molecule has 0 aromatic carbocycles. The van der Waals surface area contributed by atoms with Gasteiger partial charge in [0.05, 0.1) is 7.11 Å². The largest absolute Gasteiger partial charge is 0.466 e. The van der Waals surface area contributed by atoms with Crippen molar-refractivity contribution in [2.75, 3.05) is 7.11 Å². The first kappa shape index (κ1) is 29.9. The lowest BCUT2D eigenvalue weighted by atomic mass is 9.65. The van der Waals surface area contributed by atoms with Crippen molar-refractivity contribution in [3.05, 3.63) is 23.3 Å². The highest BCUT2D eigenvalue weighted by Crippen LogP contribution is 2.42. The lowest BCUT2D eigenvalue weighted by Crippen LogP contribution is -2.48. The van der Waals surface area contributed by atoms with E-state index in [0.717, 1.165) is 0 Å². The van der Waals surface area contributed by atoms with Crippen molar-refractivity contribution in [1.82, 2.24) is 0 Å². The number of ketones is 1. The van der Waals surface area contributed by atoms with Crippen LogP contribution < -0.4 is 0 Å². The van der Waals surface area contributed by atoms with Gasteiger partial charge >= 0.3 is 5.97 Å². The van der Waals surface area contributed by atoms with Gasteiger partial charge in [-0.1, -0.05) is 73.7 Å². The first-order valence-electron chi connectivity index (χ1n) is 9.77. The third-order valence-electron chi connectivity index (χ3n) is 3.52. The van der Waals surface area contributed by atoms with Gasteiger partial charge in [-0.3, -0.25) is 4.79 Å². The molecule has 4 heteroatoms. The standard InChI is InChI=1S/C16H20O4.C3H8.2C2H6/c1-11(8-14(18)20-5)6-7-16(19)12(2)9-13(17)10-15(16,3)4;1-3-2;2*1-2/h8-9,19H,10H2,1-5H3;3H2,1-2H3;2*1-2H3/b11-8+;;;. The molecule has 27 heavy (non-hydrogen) atoms. The minimum atomic E-state index is -1.38. The maximum Gasteiger partial charge on any atom is 0.331 e. The molecule has 0 aromatic rings. The summed E-state index contributed by atoms with van der Waals surface area (Å²) in [7, 11) is 1.29. The number of esters is 1. The Labute approximate surface area is 167 Å². The number of aliphatic hydroxyl groups is 1. The Balaban J connectivity index is -0.000000725. The lowest BCUT2D eigenvalue weighted by Gasteiger charge is -2.42. The molecular formula is C23H40O4. The van der Waals surface area contributed by atoms with E-state index in [4.69, 9.17) is 0 Å². The van der Waals surface area contributed by atoms with Gasteiger partial charge < -0.3 is 9.84 Å². The molecule has 156 valence electrons. The van der Waals surface area contributed by atoms with Crippen molar-refractivity contribution in [2.24, 2.45) is 5.41 Å². The van der Waals surface area contributed by atoms with E-state index < -0.39 is 17.0 Å². The molecule has 0 amide bonds. The minimum Gasteiger partial charge on any atom is -0.466 e. The average molecular weight is 381 g/mol. The Bertz CT molecular complexity index is 571. The first-order chi connectivity index (χ1) is 12.5. The van der Waals surface area contributed by atoms with Gasteiger partial charge in [0.25, 0.3) is 0 Å². The molecule has 0 saturated heterocycles. The highest BCUT2D eigenvalue weighted by molar-refractivity contribution is 5.93. The number of carbonyl (C=O) groups excluding carboxylic acids is 2. The molecule has 0 radical (unpaired) electrons. The van der Waals surface area contributed by atoms with Gasteiger partial charge in [-0.2, -0.15) is 0 Å². The van der Waals surface area contributed by atoms with Gasteiger partial charge in [-0.05, 0) is 25.5 Å². The number of rotatable bonds is 1. The predicted octanol–water partition coefficient (Wildman–Crippen LogP) is 5.25. The summed E-state index contributed by atoms with van der Waals surface area (Å²) in [5, 5.41) is 10.8. The summed E-state index contributed by atoms with van der Waals surface area (Å²) in [6, 6.07) is 0. The second kappa shape index (κ2) is 15.2. The van der Waals surface area contributed by atoms with E-state index in [1.54, 1.807) is 27.7 Å². The molecule has 1 atom stereocenters. The van der Waals surface area contributed by atoms with Crippen molar-refractivity contribution in [1.29, 1.82) is 0 Å². The number of ether oxygens (including phenoxy) is 1. The van der Waals surface area contributed by atoms with Crippen LogP contribution in [0.3, 0.4) is 0 Å². The highest BCUT2D eigenvalue weighted by Gasteiger charge is 2.47. The van der Waals surface area contributed by atoms with Crippen LogP contribution in [0.5, 0.6) is 0 Å². The maximum absolute atomic E-state index is 11.6. The van der Waals surface area contributed by atoms with Crippen molar-refractivity contribution >= 4 is 11.8 Å². The summed E-state index contributed by atoms with van der Waals surface area (Å²) in [5.74, 6) is 5.06. The molecule has 0 fully saturated rings. The smallest absolute Gasteiger partial charge is 0.331 e. The molecule has 0 spiro atoms. The summed E-state index contributed by atoms with van der Waals surface area (Å²) in [6.45, 7) is 19.2. The lowest BCUT2D eigenvalue weighted by molar-refractivity contribution is -0.134. The van der Waals surface area contributed by atoms with Crippen molar-refractivity contribution in [2.45, 2.75) is 87.7 Å². The van der Waals surface area contributed by atoms with E-state index in [2.05, 4.69) is 30.4 Å². The second-order valence-corrected chi connectivity index (χ2v) is 6.37. The van der Waals surface area contributed by atoms with E-state index in [1.165, 1.54) is 25.7 Å². The zero-order valence-electron chi connectivity index (χ0n) is 19.2. The van der Waals surface area contributed by atoms with Gasteiger partial charge in [0.1, 0.15) is 0 Å². The average Bonchev–Trinajstić information content (AvgIpc) is 2.61. The van der Waals surface area contributed by atoms with Crippen LogP contribution in [-0.2, 0) is 14.3 Å². The molecule has 0 saturated carbocycles. The van der Waals surface area contributed by atoms with Gasteiger partial charge in [0.2, 0.25) is 0 Å². The molecular weight excluding hydrogens is 340 g/mol. The van der Waals surface area contributed by atoms with Crippen LogP contribution in [0.2, 0.25) is 0 Å². The van der Waals surface area contributed by atoms with Crippen LogP contribution in [0.4, 0.5) is 0 Å². The third kappa shape index (κ3) is 10.2. The van der Waals surface area contributed by atoms with Crippen LogP contribution >= 0.6 is 0 Å². The fourth-order valence-corrected chi connectivity index (χ4v) is 2.22. The molecule has 0 bridgehead atoms. The van der Waals surface area contributed by atoms with E-state index in [1.807, 2.05) is 27.7 Å². The molecule has 1 unspecified atom stereocenters. The fraction of sp³-hybridized carbons (Fsp3) is 0.652. The van der Waals surface area contributed by atoms with Crippen LogP contribution in [0.15, 0.2) is 23.3 Å². The summed E-state index contributed by atoms with van der Waals surface area (Å²) >= 11 is 0. The van der Waals surface area contributed by atoms with Crippen LogP contribution in [0, 0.1) is 17.3 Å². The quantitative estimate of drug-likeness (QED) is 0.383. The summed E-state index contributed by atoms with van der Waals surface area (Å²) in [6.07, 6.45) is 4.17. The molecule has 1 rings (SSSR count). The monoisotopic (exact) mass is 380 g/mol. The first-order valence-corrected chi connectivity index (χ1v) is 9.77. The Kier molecular flexibility index (Phi) is 16.9. The molecule has 0 aromatic heterocycles. The predicted molar refractivity (Wildman–Crippen MR) is 114 cm³/mol. The second-order valence-electron chi connectivity index (χ2n) is 6.37. The van der Waals surface area contributed by atoms with Gasteiger partial charge in [-0.15, -0.1) is 0 Å². The van der Waals surface area contributed by atoms with Crippen molar-refractivity contribution < 1.29 is 19.4 Å². The van der Waals surface area contributed by atoms with Crippen molar-refractivity contribution in [3.8, 4) is 11.8 Å². The Hall–Kier alpha value is -1.86.